The zero-order valence-corrected chi connectivity index (χ0v) is 27.2. The lowest BCUT2D eigenvalue weighted by Crippen LogP contribution is -2.52. The van der Waals surface area contributed by atoms with E-state index < -0.39 is 28.5 Å². The summed E-state index contributed by atoms with van der Waals surface area (Å²) in [6.45, 7) is 5.34. The highest BCUT2D eigenvalue weighted by atomic mass is 35.5. The summed E-state index contributed by atoms with van der Waals surface area (Å²) in [6, 6.07) is 14.9. The summed E-state index contributed by atoms with van der Waals surface area (Å²) in [6.07, 6.45) is 0.995. The average Bonchev–Trinajstić information content (AvgIpc) is 2.99. The van der Waals surface area contributed by atoms with Crippen LogP contribution in [0.2, 0.25) is 10.0 Å². The molecule has 0 saturated heterocycles. The normalized spacial score (nSPS) is 11.9. The Morgan fingerprint density at radius 1 is 0.930 bits per heavy atom. The summed E-state index contributed by atoms with van der Waals surface area (Å²) < 4.78 is 39.9. The minimum atomic E-state index is -4.25. The number of rotatable bonds is 14. The molecule has 3 rings (SSSR count). The highest BCUT2D eigenvalue weighted by molar-refractivity contribution is 7.92. The van der Waals surface area contributed by atoms with Gasteiger partial charge in [-0.05, 0) is 61.7 Å². The minimum Gasteiger partial charge on any atom is -0.493 e. The van der Waals surface area contributed by atoms with Crippen molar-refractivity contribution in [3.05, 3.63) is 81.8 Å². The van der Waals surface area contributed by atoms with Crippen LogP contribution in [0.5, 0.6) is 11.5 Å². The molecule has 43 heavy (non-hydrogen) atoms. The Morgan fingerprint density at radius 2 is 1.60 bits per heavy atom. The van der Waals surface area contributed by atoms with Gasteiger partial charge in [-0.1, -0.05) is 60.8 Å². The Kier molecular flexibility index (Phi) is 12.1. The van der Waals surface area contributed by atoms with Gasteiger partial charge in [0.05, 0.1) is 24.8 Å². The van der Waals surface area contributed by atoms with Gasteiger partial charge in [-0.3, -0.25) is 13.9 Å². The van der Waals surface area contributed by atoms with E-state index >= 15 is 0 Å². The molecule has 0 unspecified atom stereocenters. The summed E-state index contributed by atoms with van der Waals surface area (Å²) in [4.78, 5) is 28.8. The number of aryl methyl sites for hydroxylation is 1. The number of methoxy groups -OCH3 is 2. The van der Waals surface area contributed by atoms with Gasteiger partial charge in [0.15, 0.2) is 11.5 Å². The van der Waals surface area contributed by atoms with E-state index in [1.807, 2.05) is 13.8 Å². The third kappa shape index (κ3) is 8.34. The van der Waals surface area contributed by atoms with Crippen molar-refractivity contribution < 1.29 is 27.5 Å². The van der Waals surface area contributed by atoms with Gasteiger partial charge in [-0.25, -0.2) is 8.42 Å². The maximum absolute atomic E-state index is 14.2. The van der Waals surface area contributed by atoms with E-state index in [2.05, 4.69) is 5.32 Å². The monoisotopic (exact) mass is 649 g/mol. The van der Waals surface area contributed by atoms with E-state index in [0.29, 0.717) is 34.3 Å². The number of carbonyl (C=O) groups excluding carboxylic acids is 2. The molecule has 12 heteroatoms. The number of hydrogen-bond donors (Lipinski definition) is 1. The van der Waals surface area contributed by atoms with Gasteiger partial charge in [-0.15, -0.1) is 0 Å². The zero-order chi connectivity index (χ0) is 31.7. The second-order valence-electron chi connectivity index (χ2n) is 9.84. The molecule has 0 aliphatic heterocycles. The second kappa shape index (κ2) is 15.3. The summed E-state index contributed by atoms with van der Waals surface area (Å²) in [5, 5.41) is 3.59. The van der Waals surface area contributed by atoms with Crippen LogP contribution in [-0.4, -0.2) is 58.5 Å². The van der Waals surface area contributed by atoms with Crippen LogP contribution in [-0.2, 0) is 26.2 Å². The van der Waals surface area contributed by atoms with Crippen molar-refractivity contribution in [3.63, 3.8) is 0 Å². The Balaban J connectivity index is 2.13. The first-order valence-corrected chi connectivity index (χ1v) is 16.0. The lowest BCUT2D eigenvalue weighted by Gasteiger charge is -2.33. The van der Waals surface area contributed by atoms with Crippen molar-refractivity contribution in [2.24, 2.45) is 0 Å². The average molecular weight is 651 g/mol. The minimum absolute atomic E-state index is 0.000658. The van der Waals surface area contributed by atoms with E-state index in [9.17, 15) is 18.0 Å². The molecule has 0 bridgehead atoms. The smallest absolute Gasteiger partial charge is 0.264 e. The molecule has 0 heterocycles. The fraction of sp³-hybridized carbons (Fsp3) is 0.355. The molecule has 0 spiro atoms. The number of anilines is 1. The number of sulfonamides is 1. The van der Waals surface area contributed by atoms with Gasteiger partial charge in [0.1, 0.15) is 12.6 Å². The number of ether oxygens (including phenoxy) is 2. The van der Waals surface area contributed by atoms with E-state index in [0.717, 1.165) is 9.87 Å². The van der Waals surface area contributed by atoms with Crippen molar-refractivity contribution in [1.29, 1.82) is 0 Å². The molecule has 0 aromatic heterocycles. The number of nitrogens with zero attached hydrogens (tertiary/aromatic N) is 2. The molecule has 232 valence electrons. The van der Waals surface area contributed by atoms with Crippen molar-refractivity contribution in [2.45, 2.75) is 51.1 Å². The van der Waals surface area contributed by atoms with Crippen LogP contribution in [0.25, 0.3) is 0 Å². The van der Waals surface area contributed by atoms with Crippen LogP contribution < -0.4 is 19.1 Å². The Hall–Kier alpha value is -3.47. The SMILES string of the molecule is CCCNC(=O)[C@H](CC)N(Cc1ccc(Cl)cc1Cl)C(=O)CN(c1ccc(OC)c(OC)c1)S(=O)(=O)c1ccc(C)cc1. The topological polar surface area (TPSA) is 105 Å². The van der Waals surface area contributed by atoms with Crippen molar-refractivity contribution in [2.75, 3.05) is 31.6 Å². The van der Waals surface area contributed by atoms with Crippen molar-refractivity contribution in [3.8, 4) is 11.5 Å². The Bertz CT molecular complexity index is 1530. The molecular formula is C31H37Cl2N3O6S. The van der Waals surface area contributed by atoms with Crippen molar-refractivity contribution >= 4 is 50.7 Å². The van der Waals surface area contributed by atoms with Gasteiger partial charge >= 0.3 is 0 Å². The molecule has 1 atom stereocenters. The Labute approximate surface area is 263 Å². The van der Waals surface area contributed by atoms with Crippen LogP contribution >= 0.6 is 23.2 Å². The largest absolute Gasteiger partial charge is 0.493 e. The van der Waals surface area contributed by atoms with Gasteiger partial charge < -0.3 is 19.7 Å². The molecule has 3 aromatic carbocycles. The third-order valence-electron chi connectivity index (χ3n) is 6.83. The van der Waals surface area contributed by atoms with Crippen LogP contribution in [0.1, 0.15) is 37.8 Å². The molecule has 0 aliphatic rings. The maximum atomic E-state index is 14.2. The van der Waals surface area contributed by atoms with E-state index in [1.54, 1.807) is 43.3 Å². The first-order chi connectivity index (χ1) is 20.5. The van der Waals surface area contributed by atoms with Crippen molar-refractivity contribution in [1.82, 2.24) is 10.2 Å². The predicted octanol–water partition coefficient (Wildman–Crippen LogP) is 5.85. The lowest BCUT2D eigenvalue weighted by atomic mass is 10.1. The van der Waals surface area contributed by atoms with Crippen LogP contribution in [0.4, 0.5) is 5.69 Å². The van der Waals surface area contributed by atoms with Crippen LogP contribution in [0.15, 0.2) is 65.6 Å². The van der Waals surface area contributed by atoms with Gasteiger partial charge in [0, 0.05) is 29.2 Å². The quantitative estimate of drug-likeness (QED) is 0.235. The maximum Gasteiger partial charge on any atom is 0.264 e. The summed E-state index contributed by atoms with van der Waals surface area (Å²) >= 11 is 12.6. The molecule has 2 amide bonds. The summed E-state index contributed by atoms with van der Waals surface area (Å²) in [7, 11) is -1.35. The molecule has 0 saturated carbocycles. The predicted molar refractivity (Wildman–Crippen MR) is 170 cm³/mol. The molecule has 0 aliphatic carbocycles. The summed E-state index contributed by atoms with van der Waals surface area (Å²) in [5.74, 6) is -0.272. The number of halogens is 2. The molecule has 1 N–H and O–H groups in total. The molecular weight excluding hydrogens is 613 g/mol. The number of carbonyl (C=O) groups is 2. The van der Waals surface area contributed by atoms with Gasteiger partial charge in [0.2, 0.25) is 11.8 Å². The van der Waals surface area contributed by atoms with E-state index in [1.165, 1.54) is 43.4 Å². The first-order valence-electron chi connectivity index (χ1n) is 13.8. The first kappa shape index (κ1) is 34.0. The van der Waals surface area contributed by atoms with E-state index in [-0.39, 0.29) is 35.2 Å². The Morgan fingerprint density at radius 3 is 2.19 bits per heavy atom. The molecule has 0 fully saturated rings. The summed E-state index contributed by atoms with van der Waals surface area (Å²) in [5.41, 5.74) is 1.61. The third-order valence-corrected chi connectivity index (χ3v) is 9.21. The van der Waals surface area contributed by atoms with Crippen LogP contribution in [0.3, 0.4) is 0 Å². The second-order valence-corrected chi connectivity index (χ2v) is 12.5. The fourth-order valence-corrected chi connectivity index (χ4v) is 6.34. The number of benzene rings is 3. The highest BCUT2D eigenvalue weighted by Gasteiger charge is 2.34. The molecule has 9 nitrogen and oxygen atoms in total. The zero-order valence-electron chi connectivity index (χ0n) is 24.9. The highest BCUT2D eigenvalue weighted by Crippen LogP contribution is 2.34. The fourth-order valence-electron chi connectivity index (χ4n) is 4.47. The van der Waals surface area contributed by atoms with Gasteiger partial charge in [0.25, 0.3) is 10.0 Å². The number of hydrogen-bond acceptors (Lipinski definition) is 6. The lowest BCUT2D eigenvalue weighted by molar-refractivity contribution is -0.140. The van der Waals surface area contributed by atoms with E-state index in [4.69, 9.17) is 32.7 Å². The standard InChI is InChI=1S/C31H37Cl2N3O6S/c1-6-16-34-31(38)27(7-2)35(19-22-10-11-23(32)17-26(22)33)30(37)20-36(24-12-15-28(41-4)29(18-24)42-5)43(39,40)25-13-8-21(3)9-14-25/h8-15,17-18,27H,6-7,16,19-20H2,1-5H3,(H,34,38)/t27-/m0/s1. The molecule has 0 radical (unpaired) electrons. The number of amides is 2. The molecule has 3 aromatic rings. The number of nitrogens with one attached hydrogen (secondary N) is 1. The van der Waals surface area contributed by atoms with Gasteiger partial charge in [-0.2, -0.15) is 0 Å². The van der Waals surface area contributed by atoms with Crippen LogP contribution in [0, 0.1) is 6.92 Å².